The number of carbonyl (C=O) groups is 2. The van der Waals surface area contributed by atoms with E-state index in [2.05, 4.69) is 17.8 Å². The first kappa shape index (κ1) is 21.4. The summed E-state index contributed by atoms with van der Waals surface area (Å²) in [6, 6.07) is 7.22. The van der Waals surface area contributed by atoms with Crippen LogP contribution >= 0.6 is 11.3 Å². The van der Waals surface area contributed by atoms with Gasteiger partial charge in [0.1, 0.15) is 0 Å². The van der Waals surface area contributed by atoms with Gasteiger partial charge in [0, 0.05) is 17.5 Å². The first-order valence-electron chi connectivity index (χ1n) is 9.07. The van der Waals surface area contributed by atoms with Crippen LogP contribution < -0.4 is 10.9 Å². The summed E-state index contributed by atoms with van der Waals surface area (Å²) in [5.74, 6) is -0.299. The molecule has 1 aromatic carbocycles. The van der Waals surface area contributed by atoms with Gasteiger partial charge in [-0.25, -0.2) is 8.42 Å². The molecule has 0 fully saturated rings. The number of thiophene rings is 1. The topological polar surface area (TPSA) is 105 Å². The van der Waals surface area contributed by atoms with Crippen molar-refractivity contribution >= 4 is 33.2 Å². The van der Waals surface area contributed by atoms with Crippen LogP contribution in [0.1, 0.15) is 43.8 Å². The van der Waals surface area contributed by atoms with E-state index in [1.807, 2.05) is 6.07 Å². The van der Waals surface area contributed by atoms with Crippen LogP contribution in [0.4, 0.5) is 0 Å². The fraction of sp³-hybridized carbons (Fsp3) is 0.368. The highest BCUT2D eigenvalue weighted by molar-refractivity contribution is 7.89. The number of nitrogens with one attached hydrogen (secondary N) is 2. The Hall–Kier alpha value is -2.27. The number of hydrogen-bond acceptors (Lipinski definition) is 6. The SMILES string of the molecule is CON(C)S(=O)(=O)c1ccc(C(=O)NNC(=O)c2cc3c(s2)CCC(C)C3)cc1. The Morgan fingerprint density at radius 3 is 2.48 bits per heavy atom. The van der Waals surface area contributed by atoms with Gasteiger partial charge in [0.05, 0.1) is 16.9 Å². The highest BCUT2D eigenvalue weighted by Gasteiger charge is 2.22. The second kappa shape index (κ2) is 8.62. The molecule has 2 aromatic rings. The van der Waals surface area contributed by atoms with Crippen molar-refractivity contribution in [3.8, 4) is 0 Å². The number of hydrazine groups is 1. The fourth-order valence-electron chi connectivity index (χ4n) is 3.09. The molecule has 0 saturated heterocycles. The molecule has 2 N–H and O–H groups in total. The molecule has 1 aliphatic carbocycles. The van der Waals surface area contributed by atoms with E-state index in [4.69, 9.17) is 4.84 Å². The maximum absolute atomic E-state index is 12.4. The van der Waals surface area contributed by atoms with Gasteiger partial charge in [-0.3, -0.25) is 25.3 Å². The standard InChI is InChI=1S/C19H23N3O5S2/c1-12-4-9-16-14(10-12)11-17(28-16)19(24)21-20-18(23)13-5-7-15(8-6-13)29(25,26)22(2)27-3/h5-8,11-12H,4,9-10H2,1-3H3,(H,20,23)(H,21,24). The van der Waals surface area contributed by atoms with E-state index in [9.17, 15) is 18.0 Å². The van der Waals surface area contributed by atoms with Gasteiger partial charge < -0.3 is 0 Å². The predicted octanol–water partition coefficient (Wildman–Crippen LogP) is 2.13. The number of hydrogen-bond donors (Lipinski definition) is 2. The van der Waals surface area contributed by atoms with E-state index in [-0.39, 0.29) is 16.4 Å². The molecule has 0 spiro atoms. The van der Waals surface area contributed by atoms with Crippen molar-refractivity contribution in [1.29, 1.82) is 0 Å². The van der Waals surface area contributed by atoms with Crippen molar-refractivity contribution < 1.29 is 22.8 Å². The van der Waals surface area contributed by atoms with Gasteiger partial charge in [-0.05, 0) is 61.1 Å². The summed E-state index contributed by atoms with van der Waals surface area (Å²) in [7, 11) is -1.27. The van der Waals surface area contributed by atoms with Gasteiger partial charge in [-0.1, -0.05) is 11.4 Å². The number of carbonyl (C=O) groups excluding carboxylic acids is 2. The number of aryl methyl sites for hydroxylation is 1. The zero-order chi connectivity index (χ0) is 21.2. The van der Waals surface area contributed by atoms with Gasteiger partial charge in [0.15, 0.2) is 0 Å². The smallest absolute Gasteiger partial charge is 0.279 e. The minimum Gasteiger partial charge on any atom is -0.288 e. The summed E-state index contributed by atoms with van der Waals surface area (Å²) in [6.07, 6.45) is 3.07. The highest BCUT2D eigenvalue weighted by atomic mass is 32.2. The molecule has 29 heavy (non-hydrogen) atoms. The van der Waals surface area contributed by atoms with Crippen LogP contribution in [0.25, 0.3) is 0 Å². The van der Waals surface area contributed by atoms with Gasteiger partial charge >= 0.3 is 0 Å². The molecule has 10 heteroatoms. The van der Waals surface area contributed by atoms with Crippen LogP contribution in [0, 0.1) is 5.92 Å². The Morgan fingerprint density at radius 1 is 1.17 bits per heavy atom. The minimum absolute atomic E-state index is 0.0131. The summed E-state index contributed by atoms with van der Waals surface area (Å²) < 4.78 is 25.1. The second-order valence-electron chi connectivity index (χ2n) is 6.94. The molecular formula is C19H23N3O5S2. The van der Waals surface area contributed by atoms with Gasteiger partial charge in [0.2, 0.25) is 0 Å². The van der Waals surface area contributed by atoms with Gasteiger partial charge in [0.25, 0.3) is 21.8 Å². The quantitative estimate of drug-likeness (QED) is 0.698. The molecule has 156 valence electrons. The average Bonchev–Trinajstić information content (AvgIpc) is 3.14. The third-order valence-corrected chi connectivity index (χ3v) is 7.78. The normalized spacial score (nSPS) is 16.3. The third-order valence-electron chi connectivity index (χ3n) is 4.85. The maximum atomic E-state index is 12.4. The van der Waals surface area contributed by atoms with Crippen LogP contribution in [0.2, 0.25) is 0 Å². The monoisotopic (exact) mass is 437 g/mol. The lowest BCUT2D eigenvalue weighted by Crippen LogP contribution is -2.41. The van der Waals surface area contributed by atoms with Crippen molar-refractivity contribution in [3.63, 3.8) is 0 Å². The summed E-state index contributed by atoms with van der Waals surface area (Å²) >= 11 is 1.46. The van der Waals surface area contributed by atoms with E-state index < -0.39 is 15.9 Å². The van der Waals surface area contributed by atoms with Crippen molar-refractivity contribution in [1.82, 2.24) is 15.3 Å². The lowest BCUT2D eigenvalue weighted by Gasteiger charge is -2.16. The first-order chi connectivity index (χ1) is 13.7. The number of benzene rings is 1. The molecule has 1 aliphatic rings. The van der Waals surface area contributed by atoms with Crippen molar-refractivity contribution in [2.45, 2.75) is 31.1 Å². The van der Waals surface area contributed by atoms with Crippen LogP contribution in [-0.2, 0) is 27.7 Å². The van der Waals surface area contributed by atoms with E-state index in [0.717, 1.165) is 23.7 Å². The number of sulfonamides is 1. The van der Waals surface area contributed by atoms with E-state index >= 15 is 0 Å². The molecule has 1 unspecified atom stereocenters. The molecule has 0 aliphatic heterocycles. The molecule has 0 saturated carbocycles. The van der Waals surface area contributed by atoms with Gasteiger partial charge in [-0.15, -0.1) is 11.3 Å². The van der Waals surface area contributed by atoms with Crippen LogP contribution in [0.15, 0.2) is 35.2 Å². The first-order valence-corrected chi connectivity index (χ1v) is 11.3. The molecular weight excluding hydrogens is 414 g/mol. The largest absolute Gasteiger partial charge is 0.288 e. The number of fused-ring (bicyclic) bond motifs is 1. The number of amides is 2. The minimum atomic E-state index is -3.79. The summed E-state index contributed by atoms with van der Waals surface area (Å²) in [5.41, 5.74) is 6.20. The lowest BCUT2D eigenvalue weighted by atomic mass is 9.90. The molecule has 3 rings (SSSR count). The summed E-state index contributed by atoms with van der Waals surface area (Å²) in [4.78, 5) is 31.1. The molecule has 1 heterocycles. The zero-order valence-corrected chi connectivity index (χ0v) is 18.0. The van der Waals surface area contributed by atoms with E-state index in [0.29, 0.717) is 10.8 Å². The summed E-state index contributed by atoms with van der Waals surface area (Å²) in [6.45, 7) is 2.20. The Labute approximate surface area is 173 Å². The van der Waals surface area contributed by atoms with Crippen LogP contribution in [0.3, 0.4) is 0 Å². The Balaban J connectivity index is 1.61. The van der Waals surface area contributed by atoms with Crippen molar-refractivity contribution in [3.05, 3.63) is 51.2 Å². The van der Waals surface area contributed by atoms with Gasteiger partial charge in [-0.2, -0.15) is 0 Å². The highest BCUT2D eigenvalue weighted by Crippen LogP contribution is 2.32. The average molecular weight is 438 g/mol. The zero-order valence-electron chi connectivity index (χ0n) is 16.4. The molecule has 1 aromatic heterocycles. The molecule has 1 atom stereocenters. The van der Waals surface area contributed by atoms with Crippen LogP contribution in [0.5, 0.6) is 0 Å². The molecule has 2 amide bonds. The lowest BCUT2D eigenvalue weighted by molar-refractivity contribution is -0.0258. The maximum Gasteiger partial charge on any atom is 0.279 e. The van der Waals surface area contributed by atoms with E-state index in [1.54, 1.807) is 0 Å². The Kier molecular flexibility index (Phi) is 6.37. The van der Waals surface area contributed by atoms with Crippen molar-refractivity contribution in [2.75, 3.05) is 14.2 Å². The predicted molar refractivity (Wildman–Crippen MR) is 109 cm³/mol. The number of hydroxylamine groups is 1. The Bertz CT molecular complexity index is 1010. The molecule has 8 nitrogen and oxygen atoms in total. The van der Waals surface area contributed by atoms with Crippen LogP contribution in [-0.4, -0.2) is 38.9 Å². The third kappa shape index (κ3) is 4.67. The Morgan fingerprint density at radius 2 is 1.83 bits per heavy atom. The molecule has 0 radical (unpaired) electrons. The second-order valence-corrected chi connectivity index (χ2v) is 10.0. The van der Waals surface area contributed by atoms with E-state index in [1.165, 1.54) is 60.2 Å². The summed E-state index contributed by atoms with van der Waals surface area (Å²) in [5, 5.41) is 0. The number of rotatable bonds is 5. The molecule has 0 bridgehead atoms. The fourth-order valence-corrected chi connectivity index (χ4v) is 5.17. The number of nitrogens with zero attached hydrogens (tertiary/aromatic N) is 1. The van der Waals surface area contributed by atoms with Crippen molar-refractivity contribution in [2.24, 2.45) is 5.92 Å².